The van der Waals surface area contributed by atoms with Crippen LogP contribution in [0.3, 0.4) is 0 Å². The Kier molecular flexibility index (Phi) is 4.33. The largest absolute Gasteiger partial charge is 0.507 e. The lowest BCUT2D eigenvalue weighted by Gasteiger charge is -2.47. The van der Waals surface area contributed by atoms with Gasteiger partial charge in [0.15, 0.2) is 5.01 Å². The lowest BCUT2D eigenvalue weighted by Crippen LogP contribution is -2.65. The quantitative estimate of drug-likeness (QED) is 0.650. The van der Waals surface area contributed by atoms with E-state index >= 15 is 4.39 Å². The van der Waals surface area contributed by atoms with E-state index in [1.807, 2.05) is 18.9 Å². The molecule has 2 fully saturated rings. The molecule has 2 aliphatic heterocycles. The fraction of sp³-hybridized carbons (Fsp3) is 0.500. The molecule has 2 bridgehead atoms. The second kappa shape index (κ2) is 6.71. The van der Waals surface area contributed by atoms with Gasteiger partial charge in [-0.1, -0.05) is 11.3 Å². The number of anilines is 1. The molecule has 4 atom stereocenters. The summed E-state index contributed by atoms with van der Waals surface area (Å²) in [5, 5.41) is 31.2. The molecule has 5 rings (SSSR count). The third-order valence-corrected chi connectivity index (χ3v) is 7.49. The van der Waals surface area contributed by atoms with Crippen molar-refractivity contribution in [3.63, 3.8) is 0 Å². The molecule has 158 valence electrons. The SMILES string of the molecule is CN(c1nnc(-c2ccc(-c3nnco3)cc2O)s1)[C@@H]1C[C@@]2(C)CC[C@](C)(N2)[C@@H]1F. The number of rotatable bonds is 4. The van der Waals surface area contributed by atoms with Gasteiger partial charge >= 0.3 is 0 Å². The fourth-order valence-corrected chi connectivity index (χ4v) is 5.68. The fourth-order valence-electron chi connectivity index (χ4n) is 4.79. The summed E-state index contributed by atoms with van der Waals surface area (Å²) in [6.45, 7) is 4.14. The number of phenolic OH excluding ortho intramolecular Hbond substituents is 1. The third kappa shape index (κ3) is 3.05. The van der Waals surface area contributed by atoms with Gasteiger partial charge in [-0.3, -0.25) is 0 Å². The number of nitrogens with zero attached hydrogens (tertiary/aromatic N) is 5. The molecule has 0 aliphatic carbocycles. The minimum absolute atomic E-state index is 0.0411. The highest BCUT2D eigenvalue weighted by Crippen LogP contribution is 2.46. The molecule has 1 aromatic carbocycles. The third-order valence-electron chi connectivity index (χ3n) is 6.44. The van der Waals surface area contributed by atoms with Crippen LogP contribution in [0.5, 0.6) is 5.75 Å². The number of benzene rings is 1. The summed E-state index contributed by atoms with van der Waals surface area (Å²) in [6.07, 6.45) is 2.73. The molecule has 0 unspecified atom stereocenters. The Morgan fingerprint density at radius 2 is 2.10 bits per heavy atom. The Hall–Kier alpha value is -2.59. The van der Waals surface area contributed by atoms with Crippen LogP contribution in [0.1, 0.15) is 33.1 Å². The molecule has 10 heteroatoms. The summed E-state index contributed by atoms with van der Waals surface area (Å²) < 4.78 is 20.6. The second-order valence-electron chi connectivity index (χ2n) is 8.75. The highest BCUT2D eigenvalue weighted by atomic mass is 32.1. The molecule has 4 heterocycles. The van der Waals surface area contributed by atoms with Crippen LogP contribution in [0.2, 0.25) is 0 Å². The molecule has 2 N–H and O–H groups in total. The molecule has 0 radical (unpaired) electrons. The van der Waals surface area contributed by atoms with Crippen LogP contribution in [-0.4, -0.2) is 55.8 Å². The van der Waals surface area contributed by atoms with Gasteiger partial charge in [-0.25, -0.2) is 4.39 Å². The van der Waals surface area contributed by atoms with Crippen LogP contribution < -0.4 is 10.2 Å². The lowest BCUT2D eigenvalue weighted by molar-refractivity contribution is 0.0862. The maximum Gasteiger partial charge on any atom is 0.247 e. The number of hydrogen-bond donors (Lipinski definition) is 2. The summed E-state index contributed by atoms with van der Waals surface area (Å²) >= 11 is 1.33. The Balaban J connectivity index is 1.41. The first-order valence-corrected chi connectivity index (χ1v) is 10.7. The number of fused-ring (bicyclic) bond motifs is 2. The van der Waals surface area contributed by atoms with Crippen molar-refractivity contribution in [3.05, 3.63) is 24.6 Å². The molecule has 3 aromatic rings. The molecule has 0 amide bonds. The van der Waals surface area contributed by atoms with E-state index in [1.54, 1.807) is 18.2 Å². The van der Waals surface area contributed by atoms with E-state index in [4.69, 9.17) is 4.42 Å². The topological polar surface area (TPSA) is 100 Å². The van der Waals surface area contributed by atoms with Crippen molar-refractivity contribution in [3.8, 4) is 27.8 Å². The number of halogens is 1. The molecule has 2 saturated heterocycles. The van der Waals surface area contributed by atoms with Gasteiger partial charge < -0.3 is 19.7 Å². The molecular formula is C20H23FN6O2S. The molecule has 0 saturated carbocycles. The first-order chi connectivity index (χ1) is 14.3. The van der Waals surface area contributed by atoms with Crippen LogP contribution in [-0.2, 0) is 0 Å². The molecule has 8 nitrogen and oxygen atoms in total. The summed E-state index contributed by atoms with van der Waals surface area (Å²) in [4.78, 5) is 1.90. The number of hydrogen-bond acceptors (Lipinski definition) is 9. The minimum atomic E-state index is -1.01. The maximum absolute atomic E-state index is 15.4. The number of nitrogens with one attached hydrogen (secondary N) is 1. The summed E-state index contributed by atoms with van der Waals surface area (Å²) in [7, 11) is 1.87. The number of aromatic nitrogens is 4. The molecule has 2 aromatic heterocycles. The van der Waals surface area contributed by atoms with Gasteiger partial charge in [0.2, 0.25) is 17.4 Å². The van der Waals surface area contributed by atoms with Gasteiger partial charge in [0.25, 0.3) is 0 Å². The van der Waals surface area contributed by atoms with Crippen LogP contribution >= 0.6 is 11.3 Å². The maximum atomic E-state index is 15.4. The van der Waals surface area contributed by atoms with Crippen LogP contribution in [0.25, 0.3) is 22.0 Å². The van der Waals surface area contributed by atoms with Crippen molar-refractivity contribution < 1.29 is 13.9 Å². The summed E-state index contributed by atoms with van der Waals surface area (Å²) in [5.41, 5.74) is 0.591. The van der Waals surface area contributed by atoms with Crippen molar-refractivity contribution in [2.75, 3.05) is 11.9 Å². The van der Waals surface area contributed by atoms with E-state index < -0.39 is 11.7 Å². The molecular weight excluding hydrogens is 407 g/mol. The molecule has 2 aliphatic rings. The van der Waals surface area contributed by atoms with E-state index in [9.17, 15) is 5.11 Å². The van der Waals surface area contributed by atoms with Gasteiger partial charge in [0, 0.05) is 23.7 Å². The zero-order valence-corrected chi connectivity index (χ0v) is 17.8. The number of aromatic hydroxyl groups is 1. The monoisotopic (exact) mass is 430 g/mol. The van der Waals surface area contributed by atoms with Crippen LogP contribution in [0.15, 0.2) is 29.0 Å². The zero-order chi connectivity index (χ0) is 21.1. The van der Waals surface area contributed by atoms with E-state index in [2.05, 4.69) is 32.6 Å². The molecule has 0 spiro atoms. The highest BCUT2D eigenvalue weighted by molar-refractivity contribution is 7.18. The lowest BCUT2D eigenvalue weighted by atomic mass is 9.82. The van der Waals surface area contributed by atoms with Crippen LogP contribution in [0.4, 0.5) is 9.52 Å². The average Bonchev–Trinajstić information content (AvgIpc) is 3.45. The van der Waals surface area contributed by atoms with Crippen molar-refractivity contribution in [1.82, 2.24) is 25.7 Å². The highest BCUT2D eigenvalue weighted by Gasteiger charge is 2.56. The van der Waals surface area contributed by atoms with E-state index in [1.165, 1.54) is 17.7 Å². The Morgan fingerprint density at radius 1 is 1.27 bits per heavy atom. The average molecular weight is 431 g/mol. The minimum Gasteiger partial charge on any atom is -0.507 e. The number of alkyl halides is 1. The predicted octanol–water partition coefficient (Wildman–Crippen LogP) is 3.41. The van der Waals surface area contributed by atoms with Gasteiger partial charge in [-0.15, -0.1) is 20.4 Å². The van der Waals surface area contributed by atoms with E-state index in [0.29, 0.717) is 33.6 Å². The van der Waals surface area contributed by atoms with Crippen molar-refractivity contribution in [2.45, 2.75) is 56.4 Å². The summed E-state index contributed by atoms with van der Waals surface area (Å²) in [5.74, 6) is 0.366. The molecule has 30 heavy (non-hydrogen) atoms. The van der Waals surface area contributed by atoms with Gasteiger partial charge in [-0.2, -0.15) is 0 Å². The Bertz CT molecular complexity index is 1080. The van der Waals surface area contributed by atoms with E-state index in [-0.39, 0.29) is 17.3 Å². The number of phenols is 1. The van der Waals surface area contributed by atoms with Gasteiger partial charge in [0.1, 0.15) is 11.9 Å². The van der Waals surface area contributed by atoms with Crippen molar-refractivity contribution >= 4 is 16.5 Å². The van der Waals surface area contributed by atoms with E-state index in [0.717, 1.165) is 12.8 Å². The smallest absolute Gasteiger partial charge is 0.247 e. The summed E-state index contributed by atoms with van der Waals surface area (Å²) in [6, 6.07) is 4.79. The Morgan fingerprint density at radius 3 is 2.83 bits per heavy atom. The van der Waals surface area contributed by atoms with Crippen LogP contribution in [0, 0.1) is 0 Å². The van der Waals surface area contributed by atoms with Crippen molar-refractivity contribution in [1.29, 1.82) is 0 Å². The van der Waals surface area contributed by atoms with Gasteiger partial charge in [-0.05, 0) is 51.3 Å². The number of piperidine rings is 1. The Labute approximate surface area is 177 Å². The normalized spacial score (nSPS) is 30.5. The standard InChI is InChI=1S/C20H23FN6O2S/c1-19-6-7-20(2,26-19)15(21)13(9-19)27(3)18-25-24-17(30-18)12-5-4-11(8-14(12)28)16-23-22-10-29-16/h4-5,8,10,13,15,26,28H,6-7,9H2,1-3H3/t13-,15-,19-,20+/m1/s1. The van der Waals surface area contributed by atoms with Gasteiger partial charge in [0.05, 0.1) is 11.6 Å². The zero-order valence-electron chi connectivity index (χ0n) is 17.0. The van der Waals surface area contributed by atoms with Crippen molar-refractivity contribution in [2.24, 2.45) is 0 Å². The first-order valence-electron chi connectivity index (χ1n) is 9.88. The predicted molar refractivity (Wildman–Crippen MR) is 111 cm³/mol. The second-order valence-corrected chi connectivity index (χ2v) is 9.71. The first kappa shape index (κ1) is 19.4.